The standard InChI is InChI=1S/C13H19N2O3P/c1-4-19-8-11(16)6-5-10-7-15(9(2)3)13(18)14-12(10)17/h5-7,9,19H,4,8H2,1-3H3,(H,14,17,18)/b6-5+. The van der Waals surface area contributed by atoms with Crippen molar-refractivity contribution in [1.82, 2.24) is 9.55 Å². The molecule has 0 aliphatic rings. The highest BCUT2D eigenvalue weighted by Gasteiger charge is 2.05. The molecule has 0 bridgehead atoms. The van der Waals surface area contributed by atoms with Crippen molar-refractivity contribution in [2.24, 2.45) is 0 Å². The summed E-state index contributed by atoms with van der Waals surface area (Å²) in [5, 5.41) is 0. The van der Waals surface area contributed by atoms with Gasteiger partial charge in [0.05, 0.1) is 5.56 Å². The molecule has 1 atom stereocenters. The topological polar surface area (TPSA) is 71.9 Å². The van der Waals surface area contributed by atoms with E-state index in [-0.39, 0.29) is 11.8 Å². The lowest BCUT2D eigenvalue weighted by molar-refractivity contribution is -0.112. The Morgan fingerprint density at radius 3 is 2.74 bits per heavy atom. The van der Waals surface area contributed by atoms with Gasteiger partial charge in [0.25, 0.3) is 5.56 Å². The number of nitrogens with one attached hydrogen (secondary N) is 1. The molecule has 0 aliphatic carbocycles. The second-order valence-electron chi connectivity index (χ2n) is 4.42. The third kappa shape index (κ3) is 4.60. The molecule has 1 aromatic rings. The van der Waals surface area contributed by atoms with Crippen molar-refractivity contribution >= 4 is 20.4 Å². The number of hydrogen-bond acceptors (Lipinski definition) is 3. The normalized spacial score (nSPS) is 12.0. The van der Waals surface area contributed by atoms with E-state index in [0.29, 0.717) is 20.3 Å². The van der Waals surface area contributed by atoms with E-state index >= 15 is 0 Å². The molecular weight excluding hydrogens is 263 g/mol. The van der Waals surface area contributed by atoms with Crippen LogP contribution in [0.5, 0.6) is 0 Å². The van der Waals surface area contributed by atoms with E-state index in [1.54, 1.807) is 0 Å². The molecule has 104 valence electrons. The van der Waals surface area contributed by atoms with Crippen LogP contribution in [0, 0.1) is 0 Å². The second kappa shape index (κ2) is 7.19. The maximum absolute atomic E-state index is 11.6. The number of rotatable bonds is 6. The Labute approximate surface area is 113 Å². The fourth-order valence-electron chi connectivity index (χ4n) is 1.49. The predicted octanol–water partition coefficient (Wildman–Crippen LogP) is 1.40. The molecule has 1 rings (SSSR count). The fourth-order valence-corrected chi connectivity index (χ4v) is 2.11. The number of carbonyl (C=O) groups is 1. The molecule has 19 heavy (non-hydrogen) atoms. The van der Waals surface area contributed by atoms with Crippen molar-refractivity contribution < 1.29 is 4.79 Å². The summed E-state index contributed by atoms with van der Waals surface area (Å²) in [6, 6.07) is -0.0474. The Balaban J connectivity index is 2.98. The molecule has 0 saturated carbocycles. The van der Waals surface area contributed by atoms with Gasteiger partial charge in [-0.3, -0.25) is 19.1 Å². The van der Waals surface area contributed by atoms with E-state index in [0.717, 1.165) is 6.16 Å². The van der Waals surface area contributed by atoms with Gasteiger partial charge in [0.2, 0.25) is 0 Å². The maximum atomic E-state index is 11.6. The van der Waals surface area contributed by atoms with Crippen LogP contribution >= 0.6 is 8.58 Å². The molecule has 0 aliphatic heterocycles. The molecule has 1 unspecified atom stereocenters. The number of ketones is 1. The summed E-state index contributed by atoms with van der Waals surface area (Å²) in [5.74, 6) is 0.00174. The minimum absolute atomic E-state index is 0.00174. The molecule has 0 spiro atoms. The lowest BCUT2D eigenvalue weighted by Gasteiger charge is -2.08. The van der Waals surface area contributed by atoms with Gasteiger partial charge in [-0.1, -0.05) is 6.92 Å². The van der Waals surface area contributed by atoms with Crippen molar-refractivity contribution in [3.8, 4) is 0 Å². The number of aromatic amines is 1. The molecule has 6 heteroatoms. The average molecular weight is 282 g/mol. The Bertz CT molecular complexity index is 584. The van der Waals surface area contributed by atoms with Crippen LogP contribution in [0.25, 0.3) is 6.08 Å². The predicted molar refractivity (Wildman–Crippen MR) is 79.5 cm³/mol. The summed E-state index contributed by atoms with van der Waals surface area (Å²) in [6.07, 6.45) is 5.85. The minimum Gasteiger partial charge on any atom is -0.297 e. The summed E-state index contributed by atoms with van der Waals surface area (Å²) in [6.45, 7) is 5.72. The van der Waals surface area contributed by atoms with Crippen molar-refractivity contribution in [3.05, 3.63) is 38.7 Å². The van der Waals surface area contributed by atoms with Gasteiger partial charge in [-0.05, 0) is 32.2 Å². The highest BCUT2D eigenvalue weighted by atomic mass is 31.1. The van der Waals surface area contributed by atoms with Gasteiger partial charge in [0, 0.05) is 18.4 Å². The molecular formula is C13H19N2O3P. The Morgan fingerprint density at radius 1 is 1.47 bits per heavy atom. The Hall–Kier alpha value is -1.48. The average Bonchev–Trinajstić information content (AvgIpc) is 2.34. The van der Waals surface area contributed by atoms with Crippen LogP contribution in [-0.4, -0.2) is 27.7 Å². The van der Waals surface area contributed by atoms with Gasteiger partial charge in [-0.15, -0.1) is 8.58 Å². The lowest BCUT2D eigenvalue weighted by atomic mass is 10.2. The Morgan fingerprint density at radius 2 is 2.16 bits per heavy atom. The minimum atomic E-state index is -0.469. The first-order valence-corrected chi connectivity index (χ1v) is 7.64. The quantitative estimate of drug-likeness (QED) is 0.633. The summed E-state index contributed by atoms with van der Waals surface area (Å²) in [7, 11) is 0.610. The fraction of sp³-hybridized carbons (Fsp3) is 0.462. The van der Waals surface area contributed by atoms with Crippen LogP contribution in [0.1, 0.15) is 32.4 Å². The van der Waals surface area contributed by atoms with Gasteiger partial charge in [0.1, 0.15) is 0 Å². The van der Waals surface area contributed by atoms with Crippen molar-refractivity contribution in [2.45, 2.75) is 26.8 Å². The van der Waals surface area contributed by atoms with Gasteiger partial charge >= 0.3 is 5.69 Å². The smallest absolute Gasteiger partial charge is 0.297 e. The second-order valence-corrected chi connectivity index (χ2v) is 5.99. The zero-order valence-corrected chi connectivity index (χ0v) is 12.4. The first-order chi connectivity index (χ1) is 8.95. The highest BCUT2D eigenvalue weighted by Crippen LogP contribution is 2.08. The summed E-state index contributed by atoms with van der Waals surface area (Å²) in [4.78, 5) is 36.9. The third-order valence-corrected chi connectivity index (χ3v) is 3.65. The molecule has 0 aromatic carbocycles. The van der Waals surface area contributed by atoms with Crippen LogP contribution in [0.15, 0.2) is 21.9 Å². The zero-order valence-electron chi connectivity index (χ0n) is 11.4. The zero-order chi connectivity index (χ0) is 14.4. The van der Waals surface area contributed by atoms with Crippen LogP contribution in [0.4, 0.5) is 0 Å². The van der Waals surface area contributed by atoms with Crippen LogP contribution < -0.4 is 11.2 Å². The Kier molecular flexibility index (Phi) is 5.90. The monoisotopic (exact) mass is 282 g/mol. The maximum Gasteiger partial charge on any atom is 0.328 e. The van der Waals surface area contributed by atoms with Crippen LogP contribution in [0.3, 0.4) is 0 Å². The molecule has 1 aromatic heterocycles. The van der Waals surface area contributed by atoms with Gasteiger partial charge in [0.15, 0.2) is 5.78 Å². The third-order valence-electron chi connectivity index (χ3n) is 2.55. The molecule has 5 nitrogen and oxygen atoms in total. The SMILES string of the molecule is CCPCC(=O)/C=C/c1cn(C(C)C)c(=O)[nH]c1=O. The van der Waals surface area contributed by atoms with E-state index in [1.165, 1.54) is 22.9 Å². The molecule has 1 heterocycles. The highest BCUT2D eigenvalue weighted by molar-refractivity contribution is 7.39. The van der Waals surface area contributed by atoms with Gasteiger partial charge < -0.3 is 0 Å². The van der Waals surface area contributed by atoms with E-state index in [4.69, 9.17) is 0 Å². The van der Waals surface area contributed by atoms with E-state index in [9.17, 15) is 14.4 Å². The van der Waals surface area contributed by atoms with Gasteiger partial charge in [-0.25, -0.2) is 4.79 Å². The van der Waals surface area contributed by atoms with Crippen molar-refractivity contribution in [3.63, 3.8) is 0 Å². The summed E-state index contributed by atoms with van der Waals surface area (Å²) < 4.78 is 1.43. The van der Waals surface area contributed by atoms with E-state index < -0.39 is 11.2 Å². The molecule has 0 amide bonds. The van der Waals surface area contributed by atoms with Crippen LogP contribution in [-0.2, 0) is 4.79 Å². The summed E-state index contributed by atoms with van der Waals surface area (Å²) in [5.41, 5.74) is -0.582. The van der Waals surface area contributed by atoms with Crippen molar-refractivity contribution in [1.29, 1.82) is 0 Å². The number of hydrogen-bond donors (Lipinski definition) is 1. The number of H-pyrrole nitrogens is 1. The number of nitrogens with zero attached hydrogens (tertiary/aromatic N) is 1. The van der Waals surface area contributed by atoms with E-state index in [1.807, 2.05) is 20.8 Å². The van der Waals surface area contributed by atoms with Crippen LogP contribution in [0.2, 0.25) is 0 Å². The first-order valence-electron chi connectivity index (χ1n) is 6.22. The largest absolute Gasteiger partial charge is 0.328 e. The number of allylic oxidation sites excluding steroid dienone is 1. The molecule has 0 radical (unpaired) electrons. The molecule has 0 fully saturated rings. The van der Waals surface area contributed by atoms with Gasteiger partial charge in [-0.2, -0.15) is 0 Å². The lowest BCUT2D eigenvalue weighted by Crippen LogP contribution is -2.31. The molecule has 1 N–H and O–H groups in total. The molecule has 0 saturated heterocycles. The number of carbonyl (C=O) groups excluding carboxylic acids is 1. The van der Waals surface area contributed by atoms with Crippen molar-refractivity contribution in [2.75, 3.05) is 12.3 Å². The van der Waals surface area contributed by atoms with E-state index in [2.05, 4.69) is 4.98 Å². The summed E-state index contributed by atoms with van der Waals surface area (Å²) >= 11 is 0. The number of aromatic nitrogens is 2. The first kappa shape index (κ1) is 15.6.